The summed E-state index contributed by atoms with van der Waals surface area (Å²) in [5.41, 5.74) is 1.62. The van der Waals surface area contributed by atoms with Gasteiger partial charge in [-0.25, -0.2) is 0 Å². The van der Waals surface area contributed by atoms with Gasteiger partial charge in [-0.3, -0.25) is 4.79 Å². The van der Waals surface area contributed by atoms with Crippen LogP contribution < -0.4 is 0 Å². The van der Waals surface area contributed by atoms with E-state index in [2.05, 4.69) is 21.9 Å². The van der Waals surface area contributed by atoms with Gasteiger partial charge in [0.2, 0.25) is 0 Å². The summed E-state index contributed by atoms with van der Waals surface area (Å²) in [5, 5.41) is 0. The van der Waals surface area contributed by atoms with Gasteiger partial charge in [-0.2, -0.15) is 0 Å². The molecule has 1 amide bonds. The summed E-state index contributed by atoms with van der Waals surface area (Å²) in [5.74, 6) is 2.40. The minimum absolute atomic E-state index is 0.0493. The monoisotopic (exact) mass is 265 g/mol. The lowest BCUT2D eigenvalue weighted by molar-refractivity contribution is 0.0812. The number of nitrogens with zero attached hydrogens (tertiary/aromatic N) is 1. The first-order chi connectivity index (χ1) is 7.07. The highest BCUT2D eigenvalue weighted by atomic mass is 79.9. The Kier molecular flexibility index (Phi) is 3.93. The molecule has 0 aliphatic rings. The standard InChI is InChI=1S/C12H12BrNO/c1-4-8-14(3)12(15)10-6-5-7-11(13)9(10)2/h1,5-7H,8H2,2-3H3. The summed E-state index contributed by atoms with van der Waals surface area (Å²) in [6.45, 7) is 2.23. The van der Waals surface area contributed by atoms with E-state index in [0.717, 1.165) is 10.0 Å². The van der Waals surface area contributed by atoms with Crippen LogP contribution in [0, 0.1) is 19.3 Å². The number of hydrogen-bond donors (Lipinski definition) is 0. The van der Waals surface area contributed by atoms with Gasteiger partial charge in [0, 0.05) is 17.1 Å². The molecule has 0 spiro atoms. The first-order valence-corrected chi connectivity index (χ1v) is 5.31. The third-order valence-electron chi connectivity index (χ3n) is 2.17. The van der Waals surface area contributed by atoms with Crippen LogP contribution in [0.3, 0.4) is 0 Å². The minimum atomic E-state index is -0.0493. The van der Waals surface area contributed by atoms with Gasteiger partial charge in [0.25, 0.3) is 5.91 Å². The molecule has 0 aliphatic heterocycles. The number of rotatable bonds is 2. The third kappa shape index (κ3) is 2.60. The molecule has 1 aromatic rings. The fourth-order valence-corrected chi connectivity index (χ4v) is 1.62. The van der Waals surface area contributed by atoms with Crippen molar-refractivity contribution in [3.05, 3.63) is 33.8 Å². The summed E-state index contributed by atoms with van der Waals surface area (Å²) < 4.78 is 0.933. The first kappa shape index (κ1) is 11.8. The predicted octanol–water partition coefficient (Wildman–Crippen LogP) is 2.46. The molecule has 2 nitrogen and oxygen atoms in total. The zero-order chi connectivity index (χ0) is 11.4. The van der Waals surface area contributed by atoms with Gasteiger partial charge >= 0.3 is 0 Å². The van der Waals surface area contributed by atoms with Crippen molar-refractivity contribution < 1.29 is 4.79 Å². The highest BCUT2D eigenvalue weighted by Crippen LogP contribution is 2.20. The lowest BCUT2D eigenvalue weighted by atomic mass is 10.1. The molecule has 15 heavy (non-hydrogen) atoms. The molecule has 0 bridgehead atoms. The van der Waals surface area contributed by atoms with Crippen LogP contribution in [0.5, 0.6) is 0 Å². The van der Waals surface area contributed by atoms with Crippen LogP contribution in [0.2, 0.25) is 0 Å². The van der Waals surface area contributed by atoms with E-state index in [9.17, 15) is 4.79 Å². The van der Waals surface area contributed by atoms with Crippen LogP contribution in [0.4, 0.5) is 0 Å². The average Bonchev–Trinajstić information content (AvgIpc) is 2.21. The Morgan fingerprint density at radius 1 is 1.60 bits per heavy atom. The van der Waals surface area contributed by atoms with Gasteiger partial charge in [0.05, 0.1) is 6.54 Å². The van der Waals surface area contributed by atoms with E-state index < -0.39 is 0 Å². The lowest BCUT2D eigenvalue weighted by Crippen LogP contribution is -2.27. The molecule has 0 fully saturated rings. The molecule has 0 saturated heterocycles. The zero-order valence-electron chi connectivity index (χ0n) is 8.75. The Morgan fingerprint density at radius 2 is 2.27 bits per heavy atom. The van der Waals surface area contributed by atoms with Crippen LogP contribution in [-0.2, 0) is 0 Å². The van der Waals surface area contributed by atoms with Crippen molar-refractivity contribution >= 4 is 21.8 Å². The number of hydrogen-bond acceptors (Lipinski definition) is 1. The molecule has 0 unspecified atom stereocenters. The molecule has 1 aromatic carbocycles. The van der Waals surface area contributed by atoms with Crippen LogP contribution in [0.15, 0.2) is 22.7 Å². The number of amides is 1. The highest BCUT2D eigenvalue weighted by molar-refractivity contribution is 9.10. The Morgan fingerprint density at radius 3 is 2.87 bits per heavy atom. The topological polar surface area (TPSA) is 20.3 Å². The van der Waals surface area contributed by atoms with E-state index in [1.165, 1.54) is 4.90 Å². The molecule has 3 heteroatoms. The number of halogens is 1. The molecule has 0 radical (unpaired) electrons. The average molecular weight is 266 g/mol. The second kappa shape index (κ2) is 4.99. The Balaban J connectivity index is 3.02. The van der Waals surface area contributed by atoms with Crippen LogP contribution in [-0.4, -0.2) is 24.4 Å². The summed E-state index contributed by atoms with van der Waals surface area (Å²) in [4.78, 5) is 13.4. The van der Waals surface area contributed by atoms with Crippen LogP contribution in [0.25, 0.3) is 0 Å². The normalized spacial score (nSPS) is 9.47. The van der Waals surface area contributed by atoms with Crippen molar-refractivity contribution in [1.29, 1.82) is 0 Å². The molecule has 0 N–H and O–H groups in total. The van der Waals surface area contributed by atoms with Gasteiger partial charge in [0.15, 0.2) is 0 Å². The van der Waals surface area contributed by atoms with E-state index in [0.29, 0.717) is 12.1 Å². The van der Waals surface area contributed by atoms with E-state index in [-0.39, 0.29) is 5.91 Å². The van der Waals surface area contributed by atoms with Gasteiger partial charge in [-0.1, -0.05) is 27.9 Å². The second-order valence-corrected chi connectivity index (χ2v) is 4.13. The van der Waals surface area contributed by atoms with Crippen molar-refractivity contribution in [2.24, 2.45) is 0 Å². The number of benzene rings is 1. The van der Waals surface area contributed by atoms with Gasteiger partial charge in [-0.05, 0) is 24.6 Å². The SMILES string of the molecule is C#CCN(C)C(=O)c1cccc(Br)c1C. The maximum Gasteiger partial charge on any atom is 0.254 e. The molecule has 0 heterocycles. The van der Waals surface area contributed by atoms with E-state index in [4.69, 9.17) is 6.42 Å². The molecule has 1 rings (SSSR count). The fourth-order valence-electron chi connectivity index (χ4n) is 1.25. The smallest absolute Gasteiger partial charge is 0.254 e. The van der Waals surface area contributed by atoms with Crippen LogP contribution in [0.1, 0.15) is 15.9 Å². The van der Waals surface area contributed by atoms with Crippen molar-refractivity contribution in [2.45, 2.75) is 6.92 Å². The van der Waals surface area contributed by atoms with Gasteiger partial charge in [-0.15, -0.1) is 6.42 Å². The molecule has 0 atom stereocenters. The molecular weight excluding hydrogens is 254 g/mol. The van der Waals surface area contributed by atoms with E-state index in [1.807, 2.05) is 19.1 Å². The predicted molar refractivity (Wildman–Crippen MR) is 64.7 cm³/mol. The lowest BCUT2D eigenvalue weighted by Gasteiger charge is -2.15. The summed E-state index contributed by atoms with van der Waals surface area (Å²) in [7, 11) is 1.70. The van der Waals surface area contributed by atoms with Crippen molar-refractivity contribution in [3.63, 3.8) is 0 Å². The molecular formula is C12H12BrNO. The maximum atomic E-state index is 11.9. The number of carbonyl (C=O) groups is 1. The fraction of sp³-hybridized carbons (Fsp3) is 0.250. The third-order valence-corrected chi connectivity index (χ3v) is 3.03. The van der Waals surface area contributed by atoms with Crippen LogP contribution >= 0.6 is 15.9 Å². The second-order valence-electron chi connectivity index (χ2n) is 3.28. The number of terminal acetylenes is 1. The Labute approximate surface area is 98.4 Å². The van der Waals surface area contributed by atoms with Gasteiger partial charge in [0.1, 0.15) is 0 Å². The molecule has 0 aliphatic carbocycles. The summed E-state index contributed by atoms with van der Waals surface area (Å²) in [6.07, 6.45) is 5.16. The Hall–Kier alpha value is -1.27. The van der Waals surface area contributed by atoms with Gasteiger partial charge < -0.3 is 4.90 Å². The molecule has 0 saturated carbocycles. The quantitative estimate of drug-likeness (QED) is 0.753. The molecule has 78 valence electrons. The van der Waals surface area contributed by atoms with Crippen molar-refractivity contribution in [2.75, 3.05) is 13.6 Å². The molecule has 0 aromatic heterocycles. The largest absolute Gasteiger partial charge is 0.331 e. The van der Waals surface area contributed by atoms with E-state index in [1.54, 1.807) is 13.1 Å². The maximum absolute atomic E-state index is 11.9. The minimum Gasteiger partial charge on any atom is -0.331 e. The number of carbonyl (C=O) groups excluding carboxylic acids is 1. The summed E-state index contributed by atoms with van der Waals surface area (Å²) >= 11 is 3.39. The van der Waals surface area contributed by atoms with Crippen molar-refractivity contribution in [1.82, 2.24) is 4.90 Å². The van der Waals surface area contributed by atoms with E-state index >= 15 is 0 Å². The highest BCUT2D eigenvalue weighted by Gasteiger charge is 2.13. The summed E-state index contributed by atoms with van der Waals surface area (Å²) in [6, 6.07) is 5.55. The first-order valence-electron chi connectivity index (χ1n) is 4.52. The zero-order valence-corrected chi connectivity index (χ0v) is 10.3. The van der Waals surface area contributed by atoms with Crippen molar-refractivity contribution in [3.8, 4) is 12.3 Å². The Bertz CT molecular complexity index is 420.